The van der Waals surface area contributed by atoms with Crippen LogP contribution in [0, 0.1) is 0 Å². The van der Waals surface area contributed by atoms with E-state index in [1.807, 2.05) is 25.1 Å². The highest BCUT2D eigenvalue weighted by Crippen LogP contribution is 2.32. The predicted octanol–water partition coefficient (Wildman–Crippen LogP) is 8.43. The molecule has 1 N–H and O–H groups in total. The molecule has 1 aromatic heterocycles. The van der Waals surface area contributed by atoms with Crippen LogP contribution in [0.2, 0.25) is 5.02 Å². The summed E-state index contributed by atoms with van der Waals surface area (Å²) in [5, 5.41) is 1.79. The molecule has 0 saturated carbocycles. The van der Waals surface area contributed by atoms with E-state index in [1.54, 1.807) is 0 Å². The van der Waals surface area contributed by atoms with Crippen molar-refractivity contribution in [3.63, 3.8) is 0 Å². The molecule has 206 valence electrons. The highest BCUT2D eigenvalue weighted by molar-refractivity contribution is 6.33. The summed E-state index contributed by atoms with van der Waals surface area (Å²) >= 11 is 6.67. The standard InChI is InChI=1S/C34H42ClN3O/c1-22(2)25-11-15-31-27(17-25)18-28(33(39)36-31)21-38(20-24-9-13-29(14-10-24)34(4,5)6)23(3)26-12-16-32(37(7)8)30(35)19-26/h9-19,22-23H,20-21H2,1-8H3,(H,36,39). The number of halogens is 1. The van der Waals surface area contributed by atoms with Gasteiger partial charge in [0, 0.05) is 44.3 Å². The lowest BCUT2D eigenvalue weighted by molar-refractivity contribution is 0.191. The van der Waals surface area contributed by atoms with Crippen LogP contribution in [0.4, 0.5) is 5.69 Å². The van der Waals surface area contributed by atoms with Gasteiger partial charge in [-0.15, -0.1) is 0 Å². The van der Waals surface area contributed by atoms with Crippen molar-refractivity contribution in [2.75, 3.05) is 19.0 Å². The number of hydrogen-bond donors (Lipinski definition) is 1. The minimum absolute atomic E-state index is 0.0399. The fraction of sp³-hybridized carbons (Fsp3) is 0.382. The molecule has 0 radical (unpaired) electrons. The van der Waals surface area contributed by atoms with Gasteiger partial charge in [-0.25, -0.2) is 0 Å². The van der Waals surface area contributed by atoms with Crippen molar-refractivity contribution >= 4 is 28.2 Å². The number of H-pyrrole nitrogens is 1. The number of aromatic nitrogens is 1. The number of fused-ring (bicyclic) bond motifs is 1. The first-order valence-electron chi connectivity index (χ1n) is 13.8. The van der Waals surface area contributed by atoms with Crippen molar-refractivity contribution < 1.29 is 0 Å². The van der Waals surface area contributed by atoms with E-state index in [9.17, 15) is 4.79 Å². The number of rotatable bonds is 8. The van der Waals surface area contributed by atoms with Gasteiger partial charge in [0.25, 0.3) is 5.56 Å². The molecule has 4 aromatic rings. The van der Waals surface area contributed by atoms with Gasteiger partial charge in [0.2, 0.25) is 0 Å². The van der Waals surface area contributed by atoms with Crippen molar-refractivity contribution in [3.8, 4) is 0 Å². The summed E-state index contributed by atoms with van der Waals surface area (Å²) in [4.78, 5) is 20.7. The van der Waals surface area contributed by atoms with Gasteiger partial charge in [-0.3, -0.25) is 9.69 Å². The van der Waals surface area contributed by atoms with Gasteiger partial charge in [0.1, 0.15) is 0 Å². The minimum Gasteiger partial charge on any atom is -0.376 e. The molecular formula is C34H42ClN3O. The average Bonchev–Trinajstić information content (AvgIpc) is 2.87. The third-order valence-corrected chi connectivity index (χ3v) is 7.98. The van der Waals surface area contributed by atoms with Crippen LogP contribution in [0.5, 0.6) is 0 Å². The molecule has 39 heavy (non-hydrogen) atoms. The maximum absolute atomic E-state index is 13.2. The van der Waals surface area contributed by atoms with Crippen LogP contribution in [-0.2, 0) is 18.5 Å². The number of benzene rings is 3. The molecule has 0 aliphatic carbocycles. The van der Waals surface area contributed by atoms with E-state index < -0.39 is 0 Å². The Labute approximate surface area is 238 Å². The molecular weight excluding hydrogens is 502 g/mol. The van der Waals surface area contributed by atoms with Crippen molar-refractivity contribution in [2.45, 2.75) is 72.0 Å². The lowest BCUT2D eigenvalue weighted by Gasteiger charge is -2.30. The number of nitrogens with zero attached hydrogens (tertiary/aromatic N) is 2. The highest BCUT2D eigenvalue weighted by atomic mass is 35.5. The summed E-state index contributed by atoms with van der Waals surface area (Å²) in [6.07, 6.45) is 0. The Morgan fingerprint density at radius 2 is 1.51 bits per heavy atom. The summed E-state index contributed by atoms with van der Waals surface area (Å²) in [5.74, 6) is 0.423. The molecule has 4 nitrogen and oxygen atoms in total. The van der Waals surface area contributed by atoms with Crippen LogP contribution in [0.25, 0.3) is 10.9 Å². The van der Waals surface area contributed by atoms with E-state index in [-0.39, 0.29) is 17.0 Å². The molecule has 0 spiro atoms. The first-order chi connectivity index (χ1) is 18.3. The van der Waals surface area contributed by atoms with Gasteiger partial charge in [-0.1, -0.05) is 82.6 Å². The Kier molecular flexibility index (Phi) is 8.58. The zero-order valence-corrected chi connectivity index (χ0v) is 25.4. The third-order valence-electron chi connectivity index (χ3n) is 7.67. The average molecular weight is 544 g/mol. The number of nitrogens with one attached hydrogen (secondary N) is 1. The minimum atomic E-state index is -0.0407. The Balaban J connectivity index is 1.72. The lowest BCUT2D eigenvalue weighted by atomic mass is 9.86. The van der Waals surface area contributed by atoms with Crippen molar-refractivity contribution in [2.24, 2.45) is 0 Å². The summed E-state index contributed by atoms with van der Waals surface area (Å²) in [6.45, 7) is 14.5. The second-order valence-electron chi connectivity index (χ2n) is 12.3. The van der Waals surface area contributed by atoms with E-state index in [4.69, 9.17) is 11.6 Å². The second kappa shape index (κ2) is 11.6. The van der Waals surface area contributed by atoms with Gasteiger partial charge in [0.15, 0.2) is 0 Å². The van der Waals surface area contributed by atoms with Crippen LogP contribution in [0.1, 0.15) is 81.3 Å². The Morgan fingerprint density at radius 1 is 0.846 bits per heavy atom. The largest absolute Gasteiger partial charge is 0.376 e. The normalized spacial score (nSPS) is 12.9. The Hall–Kier alpha value is -3.08. The smallest absolute Gasteiger partial charge is 0.252 e. The summed E-state index contributed by atoms with van der Waals surface area (Å²) < 4.78 is 0. The number of aromatic amines is 1. The van der Waals surface area contributed by atoms with E-state index in [1.165, 1.54) is 16.7 Å². The molecule has 1 atom stereocenters. The van der Waals surface area contributed by atoms with Crippen LogP contribution in [0.3, 0.4) is 0 Å². The Bertz CT molecular complexity index is 1500. The van der Waals surface area contributed by atoms with Crippen molar-refractivity contribution in [1.29, 1.82) is 0 Å². The first-order valence-corrected chi connectivity index (χ1v) is 14.2. The van der Waals surface area contributed by atoms with Crippen LogP contribution < -0.4 is 10.5 Å². The second-order valence-corrected chi connectivity index (χ2v) is 12.7. The maximum atomic E-state index is 13.2. The Morgan fingerprint density at radius 3 is 2.10 bits per heavy atom. The third kappa shape index (κ3) is 6.74. The van der Waals surface area contributed by atoms with Crippen LogP contribution in [0.15, 0.2) is 71.5 Å². The quantitative estimate of drug-likeness (QED) is 0.242. The summed E-state index contributed by atoms with van der Waals surface area (Å²) in [7, 11) is 3.99. The van der Waals surface area contributed by atoms with Crippen molar-refractivity contribution in [3.05, 3.63) is 110 Å². The fourth-order valence-electron chi connectivity index (χ4n) is 5.00. The highest BCUT2D eigenvalue weighted by Gasteiger charge is 2.21. The molecule has 0 fully saturated rings. The molecule has 3 aromatic carbocycles. The molecule has 0 bridgehead atoms. The first kappa shape index (κ1) is 28.9. The SMILES string of the molecule is CC(C)c1ccc2[nH]c(=O)c(CN(Cc3ccc(C(C)(C)C)cc3)C(C)c3ccc(N(C)C)c(Cl)c3)cc2c1. The lowest BCUT2D eigenvalue weighted by Crippen LogP contribution is -2.29. The molecule has 1 heterocycles. The molecule has 0 aliphatic rings. The topological polar surface area (TPSA) is 39.3 Å². The zero-order chi connectivity index (χ0) is 28.5. The van der Waals surface area contributed by atoms with Gasteiger partial charge >= 0.3 is 0 Å². The number of anilines is 1. The fourth-order valence-corrected chi connectivity index (χ4v) is 5.35. The van der Waals surface area contributed by atoms with E-state index in [0.29, 0.717) is 19.0 Å². The molecule has 0 amide bonds. The summed E-state index contributed by atoms with van der Waals surface area (Å²) in [5.41, 5.74) is 7.59. The van der Waals surface area contributed by atoms with Crippen molar-refractivity contribution in [1.82, 2.24) is 9.88 Å². The number of pyridine rings is 1. The number of hydrogen-bond acceptors (Lipinski definition) is 3. The molecule has 1 unspecified atom stereocenters. The molecule has 4 rings (SSSR count). The van der Waals surface area contributed by atoms with E-state index in [0.717, 1.165) is 32.7 Å². The maximum Gasteiger partial charge on any atom is 0.252 e. The monoisotopic (exact) mass is 543 g/mol. The zero-order valence-electron chi connectivity index (χ0n) is 24.6. The van der Waals surface area contributed by atoms with Crippen LogP contribution in [-0.4, -0.2) is 24.0 Å². The van der Waals surface area contributed by atoms with Gasteiger partial charge in [-0.05, 0) is 76.2 Å². The molecule has 0 saturated heterocycles. The summed E-state index contributed by atoms with van der Waals surface area (Å²) in [6, 6.07) is 23.5. The van der Waals surface area contributed by atoms with Crippen LogP contribution >= 0.6 is 11.6 Å². The predicted molar refractivity (Wildman–Crippen MR) is 167 cm³/mol. The molecule has 0 aliphatic heterocycles. The van der Waals surface area contributed by atoms with E-state index >= 15 is 0 Å². The molecule has 5 heteroatoms. The van der Waals surface area contributed by atoms with Gasteiger partial charge in [0.05, 0.1) is 10.7 Å². The van der Waals surface area contributed by atoms with Gasteiger partial charge < -0.3 is 9.88 Å². The van der Waals surface area contributed by atoms with Gasteiger partial charge in [-0.2, -0.15) is 0 Å². The van der Waals surface area contributed by atoms with E-state index in [2.05, 4.69) is 112 Å².